The van der Waals surface area contributed by atoms with Gasteiger partial charge in [0.1, 0.15) is 5.75 Å². The summed E-state index contributed by atoms with van der Waals surface area (Å²) < 4.78 is 15.9. The summed E-state index contributed by atoms with van der Waals surface area (Å²) in [6, 6.07) is 18.2. The summed E-state index contributed by atoms with van der Waals surface area (Å²) in [4.78, 5) is 31.7. The number of nitrogens with zero attached hydrogens (tertiary/aromatic N) is 3. The Morgan fingerprint density at radius 3 is 2.88 bits per heavy atom. The molecule has 2 aromatic carbocycles. The molecule has 1 aliphatic heterocycles. The van der Waals surface area contributed by atoms with E-state index < -0.39 is 5.92 Å². The van der Waals surface area contributed by atoms with Crippen molar-refractivity contribution in [2.24, 2.45) is 5.92 Å². The Morgan fingerprint density at radius 1 is 1.18 bits per heavy atom. The minimum Gasteiger partial charge on any atom is -0.497 e. The van der Waals surface area contributed by atoms with Gasteiger partial charge in [-0.15, -0.1) is 0 Å². The zero-order chi connectivity index (χ0) is 23.5. The Bertz CT molecular complexity index is 1310. The van der Waals surface area contributed by atoms with Gasteiger partial charge in [-0.05, 0) is 35.9 Å². The van der Waals surface area contributed by atoms with Crippen LogP contribution in [0.2, 0.25) is 0 Å². The average Bonchev–Trinajstić information content (AvgIpc) is 3.61. The minimum atomic E-state index is -0.472. The maximum absolute atomic E-state index is 13.0. The highest BCUT2D eigenvalue weighted by molar-refractivity contribution is 6.03. The molecule has 1 saturated heterocycles. The van der Waals surface area contributed by atoms with Gasteiger partial charge < -0.3 is 23.9 Å². The normalized spacial score (nSPS) is 15.5. The lowest BCUT2D eigenvalue weighted by molar-refractivity contribution is -0.122. The van der Waals surface area contributed by atoms with Crippen molar-refractivity contribution in [2.45, 2.75) is 12.8 Å². The van der Waals surface area contributed by atoms with Crippen molar-refractivity contribution in [1.29, 1.82) is 0 Å². The number of hydrogen-bond donors (Lipinski definition) is 1. The number of aromatic nitrogens is 2. The molecule has 4 aromatic rings. The SMILES string of the molecule is COc1cccc(N2CC(C(=O)Nc3ccccc3Cc3nc(-c4ccco4)no3)CC2=O)c1. The molecule has 1 fully saturated rings. The molecule has 2 amide bonds. The van der Waals surface area contributed by atoms with Gasteiger partial charge in [-0.1, -0.05) is 29.4 Å². The first-order valence-electron chi connectivity index (χ1n) is 10.8. The van der Waals surface area contributed by atoms with Crippen molar-refractivity contribution < 1.29 is 23.3 Å². The van der Waals surface area contributed by atoms with E-state index in [4.69, 9.17) is 13.7 Å². The highest BCUT2D eigenvalue weighted by Crippen LogP contribution is 2.29. The van der Waals surface area contributed by atoms with Gasteiger partial charge in [0.05, 0.1) is 25.7 Å². The Labute approximate surface area is 195 Å². The molecule has 3 heterocycles. The first-order chi connectivity index (χ1) is 16.6. The Hall–Kier alpha value is -4.40. The van der Waals surface area contributed by atoms with Crippen LogP contribution in [0.15, 0.2) is 75.9 Å². The van der Waals surface area contributed by atoms with Gasteiger partial charge in [0.2, 0.25) is 23.5 Å². The number of amides is 2. The van der Waals surface area contributed by atoms with E-state index in [1.54, 1.807) is 36.5 Å². The Kier molecular flexibility index (Phi) is 5.82. The molecule has 0 bridgehead atoms. The minimum absolute atomic E-state index is 0.0991. The number of ether oxygens (including phenoxy) is 1. The van der Waals surface area contributed by atoms with E-state index in [9.17, 15) is 9.59 Å². The van der Waals surface area contributed by atoms with E-state index in [0.717, 1.165) is 5.56 Å². The number of anilines is 2. The van der Waals surface area contributed by atoms with Gasteiger partial charge in [-0.2, -0.15) is 4.98 Å². The van der Waals surface area contributed by atoms with Crippen LogP contribution in [0.3, 0.4) is 0 Å². The fourth-order valence-corrected chi connectivity index (χ4v) is 3.94. The van der Waals surface area contributed by atoms with E-state index in [-0.39, 0.29) is 18.2 Å². The van der Waals surface area contributed by atoms with Crippen molar-refractivity contribution >= 4 is 23.2 Å². The maximum Gasteiger partial charge on any atom is 0.238 e. The monoisotopic (exact) mass is 458 g/mol. The van der Waals surface area contributed by atoms with Crippen LogP contribution >= 0.6 is 0 Å². The third kappa shape index (κ3) is 4.40. The molecule has 0 radical (unpaired) electrons. The number of furan rings is 1. The van der Waals surface area contributed by atoms with Gasteiger partial charge >= 0.3 is 0 Å². The summed E-state index contributed by atoms with van der Waals surface area (Å²) in [7, 11) is 1.57. The van der Waals surface area contributed by atoms with Crippen LogP contribution < -0.4 is 15.0 Å². The molecule has 2 aromatic heterocycles. The lowest BCUT2D eigenvalue weighted by atomic mass is 10.1. The molecule has 1 unspecified atom stereocenters. The number of carbonyl (C=O) groups is 2. The van der Waals surface area contributed by atoms with Crippen molar-refractivity contribution in [3.8, 4) is 17.3 Å². The molecule has 9 nitrogen and oxygen atoms in total. The summed E-state index contributed by atoms with van der Waals surface area (Å²) in [6.07, 6.45) is 2.02. The van der Waals surface area contributed by atoms with Crippen molar-refractivity contribution in [3.63, 3.8) is 0 Å². The number of hydrogen-bond acceptors (Lipinski definition) is 7. The molecular weight excluding hydrogens is 436 g/mol. The number of rotatable bonds is 7. The molecule has 1 N–H and O–H groups in total. The topological polar surface area (TPSA) is 111 Å². The van der Waals surface area contributed by atoms with Crippen LogP contribution in [0.5, 0.6) is 5.75 Å². The first kappa shape index (κ1) is 21.4. The van der Waals surface area contributed by atoms with Gasteiger partial charge in [0.15, 0.2) is 5.76 Å². The van der Waals surface area contributed by atoms with Crippen LogP contribution in [-0.2, 0) is 16.0 Å². The van der Waals surface area contributed by atoms with E-state index in [1.807, 2.05) is 42.5 Å². The number of methoxy groups -OCH3 is 1. The summed E-state index contributed by atoms with van der Waals surface area (Å²) in [6.45, 7) is 0.302. The van der Waals surface area contributed by atoms with E-state index in [1.165, 1.54) is 0 Å². The predicted octanol–water partition coefficient (Wildman–Crippen LogP) is 3.92. The molecule has 5 rings (SSSR count). The van der Waals surface area contributed by atoms with Crippen LogP contribution in [0, 0.1) is 5.92 Å². The molecular formula is C25H22N4O5. The van der Waals surface area contributed by atoms with Crippen molar-refractivity contribution in [1.82, 2.24) is 10.1 Å². The van der Waals surface area contributed by atoms with Crippen LogP contribution in [0.4, 0.5) is 11.4 Å². The van der Waals surface area contributed by atoms with Gasteiger partial charge in [0, 0.05) is 30.4 Å². The summed E-state index contributed by atoms with van der Waals surface area (Å²) in [5, 5.41) is 6.92. The third-order valence-corrected chi connectivity index (χ3v) is 5.69. The Morgan fingerprint density at radius 2 is 2.06 bits per heavy atom. The summed E-state index contributed by atoms with van der Waals surface area (Å²) >= 11 is 0. The number of nitrogens with one attached hydrogen (secondary N) is 1. The van der Waals surface area contributed by atoms with E-state index in [2.05, 4.69) is 15.5 Å². The highest BCUT2D eigenvalue weighted by Gasteiger charge is 2.35. The predicted molar refractivity (Wildman–Crippen MR) is 123 cm³/mol. The van der Waals surface area contributed by atoms with Gasteiger partial charge in [-0.3, -0.25) is 9.59 Å². The number of carbonyl (C=O) groups excluding carboxylic acids is 2. The largest absolute Gasteiger partial charge is 0.497 e. The third-order valence-electron chi connectivity index (χ3n) is 5.69. The molecule has 0 spiro atoms. The van der Waals surface area contributed by atoms with Gasteiger partial charge in [0.25, 0.3) is 0 Å². The van der Waals surface area contributed by atoms with E-state index >= 15 is 0 Å². The maximum atomic E-state index is 13.0. The molecule has 0 aliphatic carbocycles. The second-order valence-electron chi connectivity index (χ2n) is 7.92. The molecule has 34 heavy (non-hydrogen) atoms. The molecule has 1 atom stereocenters. The molecule has 0 saturated carbocycles. The average molecular weight is 458 g/mol. The van der Waals surface area contributed by atoms with Crippen molar-refractivity contribution in [2.75, 3.05) is 23.9 Å². The zero-order valence-corrected chi connectivity index (χ0v) is 18.4. The van der Waals surface area contributed by atoms with Crippen LogP contribution in [0.25, 0.3) is 11.6 Å². The van der Waals surface area contributed by atoms with Crippen LogP contribution in [0.1, 0.15) is 17.9 Å². The Balaban J connectivity index is 1.28. The quantitative estimate of drug-likeness (QED) is 0.447. The highest BCUT2D eigenvalue weighted by atomic mass is 16.5. The second-order valence-corrected chi connectivity index (χ2v) is 7.92. The smallest absolute Gasteiger partial charge is 0.238 e. The number of benzene rings is 2. The van der Waals surface area contributed by atoms with Crippen LogP contribution in [-0.4, -0.2) is 35.6 Å². The summed E-state index contributed by atoms with van der Waals surface area (Å²) in [5.41, 5.74) is 2.17. The fourth-order valence-electron chi connectivity index (χ4n) is 3.94. The molecule has 1 aliphatic rings. The fraction of sp³-hybridized carbons (Fsp3) is 0.200. The van der Waals surface area contributed by atoms with Gasteiger partial charge in [-0.25, -0.2) is 0 Å². The molecule has 172 valence electrons. The van der Waals surface area contributed by atoms with E-state index in [0.29, 0.717) is 47.6 Å². The zero-order valence-electron chi connectivity index (χ0n) is 18.4. The summed E-state index contributed by atoms with van der Waals surface area (Å²) in [5.74, 6) is 1.15. The van der Waals surface area contributed by atoms with Crippen molar-refractivity contribution in [3.05, 3.63) is 78.4 Å². The number of para-hydroxylation sites is 1. The standard InChI is InChI=1S/C25H22N4O5/c1-32-19-8-4-7-18(14-19)29-15-17(13-23(29)30)25(31)26-20-9-3-2-6-16(20)12-22-27-24(28-34-22)21-10-5-11-33-21/h2-11,14,17H,12-13,15H2,1H3,(H,26,31). The first-order valence-corrected chi connectivity index (χ1v) is 10.8. The molecule has 9 heteroatoms. The lowest BCUT2D eigenvalue weighted by Crippen LogP contribution is -2.28. The second kappa shape index (κ2) is 9.22. The lowest BCUT2D eigenvalue weighted by Gasteiger charge is -2.18.